The van der Waals surface area contributed by atoms with Crippen molar-refractivity contribution in [2.24, 2.45) is 0 Å². The van der Waals surface area contributed by atoms with Gasteiger partial charge in [0, 0.05) is 11.1 Å². The predicted octanol–water partition coefficient (Wildman–Crippen LogP) is 13.8. The Balaban J connectivity index is 3.16. The number of carbonyl (C=O) groups is 1. The number of rotatable bonds is 16. The first-order valence-corrected chi connectivity index (χ1v) is 14.9. The van der Waals surface area contributed by atoms with E-state index >= 15 is 17.6 Å². The Hall–Kier alpha value is -4.47. The fourth-order valence-electron chi connectivity index (χ4n) is 4.68. The average Bonchev–Trinajstić information content (AvgIpc) is 3.12. The molecule has 0 heterocycles. The zero-order chi connectivity index (χ0) is 52.4. The Labute approximate surface area is 331 Å². The van der Waals surface area contributed by atoms with Crippen LogP contribution in [0, 0.1) is 0 Å². The third-order valence-corrected chi connectivity index (χ3v) is 8.59. The molecule has 374 valence electrons. The van der Waals surface area contributed by atoms with Crippen LogP contribution in [0.15, 0.2) is 36.4 Å². The molecular formula is C29H8F34O2. The quantitative estimate of drug-likeness (QED) is 0.134. The number of phenolic OH excluding ortho intramolecular Hbond substituents is 1. The van der Waals surface area contributed by atoms with Gasteiger partial charge in [-0.05, 0) is 41.5 Å². The van der Waals surface area contributed by atoms with E-state index in [-0.39, 0.29) is 18.2 Å². The van der Waals surface area contributed by atoms with Gasteiger partial charge in [0.05, 0.1) is 5.56 Å². The summed E-state index contributed by atoms with van der Waals surface area (Å²) in [5, 5.41) is 9.50. The summed E-state index contributed by atoms with van der Waals surface area (Å²) in [6.45, 7) is 0. The minimum absolute atomic E-state index is 0.0215. The molecule has 0 aliphatic rings. The number of aldehydes is 1. The highest BCUT2D eigenvalue weighted by Crippen LogP contribution is 2.68. The van der Waals surface area contributed by atoms with Gasteiger partial charge in [0.2, 0.25) is 0 Å². The van der Waals surface area contributed by atoms with E-state index in [1.54, 1.807) is 0 Å². The van der Waals surface area contributed by atoms with Crippen LogP contribution in [0.5, 0.6) is 5.75 Å². The van der Waals surface area contributed by atoms with Crippen molar-refractivity contribution < 1.29 is 159 Å². The molecule has 0 fully saturated rings. The maximum atomic E-state index is 15.3. The van der Waals surface area contributed by atoms with Gasteiger partial charge < -0.3 is 5.11 Å². The molecule has 2 rings (SSSR count). The average molecular weight is 1030 g/mol. The van der Waals surface area contributed by atoms with Crippen LogP contribution in [-0.2, 0) is 11.8 Å². The van der Waals surface area contributed by atoms with E-state index in [1.807, 2.05) is 0 Å². The normalized spacial score (nSPS) is 16.0. The van der Waals surface area contributed by atoms with Gasteiger partial charge in [-0.3, -0.25) is 4.79 Å². The lowest BCUT2D eigenvalue weighted by molar-refractivity contribution is -0.463. The summed E-state index contributed by atoms with van der Waals surface area (Å²) in [7, 11) is 0. The highest BCUT2D eigenvalue weighted by Gasteiger charge is 2.97. The van der Waals surface area contributed by atoms with Crippen LogP contribution < -0.4 is 0 Å². The largest absolute Gasteiger partial charge is 0.507 e. The Morgan fingerprint density at radius 1 is 0.308 bits per heavy atom. The third-order valence-electron chi connectivity index (χ3n) is 8.59. The molecule has 36 heteroatoms. The smallest absolute Gasteiger partial charge is 0.460 e. The lowest BCUT2D eigenvalue weighted by Gasteiger charge is -2.43. The molecule has 0 atom stereocenters. The molecule has 0 aliphatic carbocycles. The van der Waals surface area contributed by atoms with Crippen LogP contribution in [0.4, 0.5) is 149 Å². The Morgan fingerprint density at radius 2 is 0.554 bits per heavy atom. The fraction of sp³-hybridized carbons (Fsp3) is 0.552. The first kappa shape index (κ1) is 56.7. The lowest BCUT2D eigenvalue weighted by Crippen LogP contribution is -2.74. The van der Waals surface area contributed by atoms with Crippen LogP contribution in [0.2, 0.25) is 0 Å². The van der Waals surface area contributed by atoms with Crippen molar-refractivity contribution in [1.29, 1.82) is 0 Å². The van der Waals surface area contributed by atoms with Crippen molar-refractivity contribution in [3.8, 4) is 16.9 Å². The molecule has 0 unspecified atom stereocenters. The molecule has 0 amide bonds. The van der Waals surface area contributed by atoms with E-state index in [0.29, 0.717) is 0 Å². The molecule has 0 spiro atoms. The molecule has 0 bridgehead atoms. The van der Waals surface area contributed by atoms with Crippen LogP contribution in [0.1, 0.15) is 21.5 Å². The minimum Gasteiger partial charge on any atom is -0.507 e. The van der Waals surface area contributed by atoms with Gasteiger partial charge in [-0.1, -0.05) is 6.07 Å². The Bertz CT molecular complexity index is 1990. The van der Waals surface area contributed by atoms with Crippen molar-refractivity contribution in [2.45, 2.75) is 95.3 Å². The minimum atomic E-state index is -9.46. The van der Waals surface area contributed by atoms with Gasteiger partial charge in [0.25, 0.3) is 0 Å². The van der Waals surface area contributed by atoms with Gasteiger partial charge in [0.15, 0.2) is 6.29 Å². The van der Waals surface area contributed by atoms with Gasteiger partial charge in [-0.15, -0.1) is 0 Å². The number of hydrogen-bond acceptors (Lipinski definition) is 2. The summed E-state index contributed by atoms with van der Waals surface area (Å²) in [5.74, 6) is -128. The highest BCUT2D eigenvalue weighted by atomic mass is 19.4. The number of halogens is 34. The van der Waals surface area contributed by atoms with Gasteiger partial charge in [-0.25, -0.2) is 0 Å². The van der Waals surface area contributed by atoms with Crippen LogP contribution >= 0.6 is 0 Å². The summed E-state index contributed by atoms with van der Waals surface area (Å²) in [4.78, 5) is 11.1. The lowest BCUT2D eigenvalue weighted by atomic mass is 9.83. The molecule has 65 heavy (non-hydrogen) atoms. The highest BCUT2D eigenvalue weighted by molar-refractivity contribution is 5.83. The fourth-order valence-corrected chi connectivity index (χ4v) is 4.68. The van der Waals surface area contributed by atoms with Crippen molar-refractivity contribution >= 4 is 6.29 Å². The Morgan fingerprint density at radius 3 is 0.800 bits per heavy atom. The van der Waals surface area contributed by atoms with E-state index in [2.05, 4.69) is 0 Å². The molecule has 2 nitrogen and oxygen atoms in total. The van der Waals surface area contributed by atoms with E-state index in [0.717, 1.165) is 0 Å². The van der Waals surface area contributed by atoms with E-state index < -0.39 is 153 Å². The maximum absolute atomic E-state index is 15.3. The van der Waals surface area contributed by atoms with Crippen LogP contribution in [0.3, 0.4) is 0 Å². The summed E-state index contributed by atoms with van der Waals surface area (Å²) in [6.07, 6.45) is -17.2. The standard InChI is InChI=1S/C29H8F34O2/c30-14(31,16(34,35)18(38,39)20(42,43)22(46,47)24(50,51)26(54,55)28(58,59)60)11-4-9(8-1-2-13(65)10(3-8)7-64)5-12(6-11)15(32,33)17(36,37)19(40,41)21(44,45)23(48,49)25(52,53)27(56,57)29(61,62)63/h1-7,65H. The van der Waals surface area contributed by atoms with E-state index in [1.165, 1.54) is 0 Å². The number of aromatic hydroxyl groups is 1. The van der Waals surface area contributed by atoms with Gasteiger partial charge in [-0.2, -0.15) is 149 Å². The summed E-state index contributed by atoms with van der Waals surface area (Å²) >= 11 is 0. The molecule has 0 aromatic heterocycles. The topological polar surface area (TPSA) is 37.3 Å². The monoisotopic (exact) mass is 1030 g/mol. The van der Waals surface area contributed by atoms with Crippen LogP contribution in [-0.4, -0.2) is 94.8 Å². The predicted molar refractivity (Wildman–Crippen MR) is 138 cm³/mol. The first-order valence-electron chi connectivity index (χ1n) is 14.9. The van der Waals surface area contributed by atoms with E-state index in [9.17, 15) is 142 Å². The number of alkyl halides is 34. The molecule has 2 aromatic carbocycles. The summed E-state index contributed by atoms with van der Waals surface area (Å²) < 4.78 is 473. The second-order valence-corrected chi connectivity index (χ2v) is 12.7. The molecule has 0 aliphatic heterocycles. The molecular weight excluding hydrogens is 1030 g/mol. The first-order chi connectivity index (χ1) is 28.0. The van der Waals surface area contributed by atoms with Crippen LogP contribution in [0.25, 0.3) is 11.1 Å². The number of phenols is 1. The van der Waals surface area contributed by atoms with E-state index in [4.69, 9.17) is 0 Å². The van der Waals surface area contributed by atoms with Gasteiger partial charge >= 0.3 is 95.3 Å². The second-order valence-electron chi connectivity index (χ2n) is 12.7. The molecule has 1 N–H and O–H groups in total. The SMILES string of the molecule is O=Cc1cc(-c2cc(C(F)(F)C(F)(F)C(F)(F)C(F)(F)C(F)(F)C(F)(F)C(F)(F)C(F)(F)F)cc(C(F)(F)C(F)(F)C(F)(F)C(F)(F)C(F)(F)C(F)(F)C(F)(F)C(F)(F)F)c2)ccc1O. The van der Waals surface area contributed by atoms with Crippen molar-refractivity contribution in [2.75, 3.05) is 0 Å². The van der Waals surface area contributed by atoms with Crippen molar-refractivity contribution in [3.63, 3.8) is 0 Å². The number of hydrogen-bond donors (Lipinski definition) is 1. The number of carbonyl (C=O) groups excluding carboxylic acids is 1. The zero-order valence-corrected chi connectivity index (χ0v) is 28.7. The van der Waals surface area contributed by atoms with Crippen molar-refractivity contribution in [3.05, 3.63) is 53.1 Å². The maximum Gasteiger partial charge on any atom is 0.460 e. The third kappa shape index (κ3) is 7.28. The summed E-state index contributed by atoms with van der Waals surface area (Å²) in [5.41, 5.74) is -13.7. The molecule has 2 aromatic rings. The molecule has 0 saturated heterocycles. The Kier molecular flexibility index (Phi) is 13.1. The molecule has 0 radical (unpaired) electrons. The van der Waals surface area contributed by atoms with Gasteiger partial charge in [0.1, 0.15) is 5.75 Å². The van der Waals surface area contributed by atoms with Crippen molar-refractivity contribution in [1.82, 2.24) is 0 Å². The summed E-state index contributed by atoms with van der Waals surface area (Å²) in [6, 6.07) is -5.32. The zero-order valence-electron chi connectivity index (χ0n) is 28.7. The number of benzene rings is 2. The second kappa shape index (κ2) is 15.0. The molecule has 0 saturated carbocycles.